The zero-order valence-corrected chi connectivity index (χ0v) is 15.0. The second-order valence-corrected chi connectivity index (χ2v) is 5.27. The number of nitrogens with one attached hydrogen (secondary N) is 1. The van der Waals surface area contributed by atoms with E-state index in [1.54, 1.807) is 0 Å². The van der Waals surface area contributed by atoms with Crippen molar-refractivity contribution in [3.8, 4) is 17.2 Å². The lowest BCUT2D eigenvalue weighted by Gasteiger charge is -2.15. The number of carbonyl (C=O) groups is 2. The maximum absolute atomic E-state index is 12.4. The number of ether oxygens (including phenoxy) is 4. The summed E-state index contributed by atoms with van der Waals surface area (Å²) in [7, 11) is 3.92. The molecule has 2 aromatic carbocycles. The highest BCUT2D eigenvalue weighted by Gasteiger charge is 2.31. The van der Waals surface area contributed by atoms with Crippen LogP contribution in [0.25, 0.3) is 0 Å². The first-order valence-corrected chi connectivity index (χ1v) is 7.70. The normalized spacial score (nSPS) is 10.8. The quantitative estimate of drug-likeness (QED) is 0.747. The molecule has 1 amide bonds. The summed E-state index contributed by atoms with van der Waals surface area (Å²) < 4.78 is 55.3. The van der Waals surface area contributed by atoms with Crippen LogP contribution in [-0.2, 0) is 4.74 Å². The fraction of sp³-hybridized carbons (Fsp3) is 0.222. The fourth-order valence-corrected chi connectivity index (χ4v) is 2.26. The van der Waals surface area contributed by atoms with E-state index in [0.29, 0.717) is 0 Å². The molecule has 0 aliphatic rings. The van der Waals surface area contributed by atoms with E-state index in [2.05, 4.69) is 14.8 Å². The number of hydrogen-bond acceptors (Lipinski definition) is 6. The molecular formula is C18H16F3NO6. The van der Waals surface area contributed by atoms with E-state index in [1.807, 2.05) is 0 Å². The van der Waals surface area contributed by atoms with E-state index in [4.69, 9.17) is 9.47 Å². The summed E-state index contributed by atoms with van der Waals surface area (Å²) in [6.45, 7) is 0. The number of halogens is 3. The van der Waals surface area contributed by atoms with Crippen LogP contribution in [0.1, 0.15) is 20.7 Å². The van der Waals surface area contributed by atoms with Gasteiger partial charge in [0, 0.05) is 17.7 Å². The van der Waals surface area contributed by atoms with Crippen LogP contribution < -0.4 is 19.5 Å². The molecule has 0 unspecified atom stereocenters. The predicted octanol–water partition coefficient (Wildman–Crippen LogP) is 3.64. The lowest BCUT2D eigenvalue weighted by Crippen LogP contribution is -2.18. The second kappa shape index (κ2) is 8.51. The number of carbonyl (C=O) groups excluding carboxylic acids is 2. The van der Waals surface area contributed by atoms with Crippen LogP contribution in [-0.4, -0.2) is 39.6 Å². The maximum Gasteiger partial charge on any atom is 0.573 e. The fourth-order valence-electron chi connectivity index (χ4n) is 2.26. The van der Waals surface area contributed by atoms with Crippen LogP contribution >= 0.6 is 0 Å². The summed E-state index contributed by atoms with van der Waals surface area (Å²) in [6, 6.07) is 6.99. The third-order valence-corrected chi connectivity index (χ3v) is 3.53. The Labute approximate surface area is 158 Å². The molecule has 0 aromatic heterocycles. The zero-order chi connectivity index (χ0) is 20.9. The van der Waals surface area contributed by atoms with E-state index in [9.17, 15) is 22.8 Å². The first-order chi connectivity index (χ1) is 13.2. The minimum atomic E-state index is -4.83. The molecule has 0 radical (unpaired) electrons. The van der Waals surface area contributed by atoms with E-state index in [0.717, 1.165) is 24.3 Å². The van der Waals surface area contributed by atoms with Gasteiger partial charge in [0.05, 0.1) is 32.6 Å². The molecule has 0 spiro atoms. The van der Waals surface area contributed by atoms with Crippen LogP contribution in [0.3, 0.4) is 0 Å². The number of benzene rings is 2. The van der Waals surface area contributed by atoms with Gasteiger partial charge in [-0.25, -0.2) is 4.79 Å². The monoisotopic (exact) mass is 399 g/mol. The van der Waals surface area contributed by atoms with Crippen molar-refractivity contribution >= 4 is 17.6 Å². The van der Waals surface area contributed by atoms with Gasteiger partial charge >= 0.3 is 12.3 Å². The predicted molar refractivity (Wildman–Crippen MR) is 92.0 cm³/mol. The highest BCUT2D eigenvalue weighted by molar-refractivity contribution is 6.08. The molecular weight excluding hydrogens is 383 g/mol. The molecule has 7 nitrogen and oxygen atoms in total. The Morgan fingerprint density at radius 2 is 1.50 bits per heavy atom. The number of alkyl halides is 3. The molecule has 1 N–H and O–H groups in total. The van der Waals surface area contributed by atoms with Crippen molar-refractivity contribution in [3.05, 3.63) is 47.5 Å². The molecule has 0 heterocycles. The Balaban J connectivity index is 2.30. The van der Waals surface area contributed by atoms with E-state index < -0.39 is 24.0 Å². The summed E-state index contributed by atoms with van der Waals surface area (Å²) in [6.07, 6.45) is -4.83. The maximum atomic E-state index is 12.4. The minimum Gasteiger partial charge on any atom is -0.493 e. The average molecular weight is 399 g/mol. The van der Waals surface area contributed by atoms with Gasteiger partial charge in [-0.05, 0) is 24.3 Å². The van der Waals surface area contributed by atoms with Crippen LogP contribution in [0.15, 0.2) is 36.4 Å². The van der Waals surface area contributed by atoms with Gasteiger partial charge in [-0.15, -0.1) is 13.2 Å². The van der Waals surface area contributed by atoms with Gasteiger partial charge in [0.25, 0.3) is 5.91 Å². The average Bonchev–Trinajstić information content (AvgIpc) is 2.66. The lowest BCUT2D eigenvalue weighted by atomic mass is 10.1. The van der Waals surface area contributed by atoms with Crippen molar-refractivity contribution < 1.29 is 41.7 Å². The van der Waals surface area contributed by atoms with Crippen LogP contribution in [0.4, 0.5) is 18.9 Å². The Hall–Kier alpha value is -3.43. The summed E-state index contributed by atoms with van der Waals surface area (Å²) in [4.78, 5) is 24.4. The molecule has 150 valence electrons. The Bertz CT molecular complexity index is 865. The van der Waals surface area contributed by atoms with Crippen LogP contribution in [0.2, 0.25) is 0 Å². The van der Waals surface area contributed by atoms with Gasteiger partial charge in [-0.1, -0.05) is 0 Å². The van der Waals surface area contributed by atoms with Crippen LogP contribution in [0, 0.1) is 0 Å². The molecule has 10 heteroatoms. The van der Waals surface area contributed by atoms with Crippen molar-refractivity contribution in [2.45, 2.75) is 6.36 Å². The van der Waals surface area contributed by atoms with E-state index in [-0.39, 0.29) is 28.3 Å². The topological polar surface area (TPSA) is 83.1 Å². The molecule has 0 atom stereocenters. The number of amides is 1. The molecule has 0 fully saturated rings. The molecule has 0 aliphatic heterocycles. The Morgan fingerprint density at radius 3 is 2.00 bits per heavy atom. The van der Waals surface area contributed by atoms with Gasteiger partial charge in [0.15, 0.2) is 11.5 Å². The van der Waals surface area contributed by atoms with E-state index in [1.165, 1.54) is 33.5 Å². The molecule has 2 rings (SSSR count). The van der Waals surface area contributed by atoms with E-state index >= 15 is 0 Å². The van der Waals surface area contributed by atoms with Crippen molar-refractivity contribution in [1.82, 2.24) is 0 Å². The summed E-state index contributed by atoms with van der Waals surface area (Å²) in [5.41, 5.74) is 0.121. The number of rotatable bonds is 6. The molecule has 0 saturated carbocycles. The Morgan fingerprint density at radius 1 is 0.929 bits per heavy atom. The summed E-state index contributed by atoms with van der Waals surface area (Å²) >= 11 is 0. The molecule has 28 heavy (non-hydrogen) atoms. The third-order valence-electron chi connectivity index (χ3n) is 3.53. The second-order valence-electron chi connectivity index (χ2n) is 5.27. The first-order valence-electron chi connectivity index (χ1n) is 7.70. The summed E-state index contributed by atoms with van der Waals surface area (Å²) in [5.74, 6) is -1.37. The number of methoxy groups -OCH3 is 3. The largest absolute Gasteiger partial charge is 0.573 e. The number of anilines is 1. The molecule has 0 bridgehead atoms. The van der Waals surface area contributed by atoms with Crippen molar-refractivity contribution in [2.75, 3.05) is 26.6 Å². The molecule has 2 aromatic rings. The lowest BCUT2D eigenvalue weighted by molar-refractivity contribution is -0.274. The smallest absolute Gasteiger partial charge is 0.493 e. The van der Waals surface area contributed by atoms with Gasteiger partial charge in [-0.3, -0.25) is 4.79 Å². The molecule has 0 aliphatic carbocycles. The molecule has 0 saturated heterocycles. The van der Waals surface area contributed by atoms with Crippen molar-refractivity contribution in [3.63, 3.8) is 0 Å². The minimum absolute atomic E-state index is 0.00512. The van der Waals surface area contributed by atoms with Gasteiger partial charge in [0.2, 0.25) is 0 Å². The van der Waals surface area contributed by atoms with Crippen molar-refractivity contribution in [1.29, 1.82) is 0 Å². The standard InChI is InChI=1S/C18H16F3NO6/c1-25-14-8-12(17(24)27-3)13(9-15(14)26-2)22-16(23)10-4-6-11(7-5-10)28-18(19,20)21/h4-9H,1-3H3,(H,22,23). The number of hydrogen-bond donors (Lipinski definition) is 1. The van der Waals surface area contributed by atoms with Crippen molar-refractivity contribution in [2.24, 2.45) is 0 Å². The Kier molecular flexibility index (Phi) is 6.34. The highest BCUT2D eigenvalue weighted by Crippen LogP contribution is 2.34. The first kappa shape index (κ1) is 20.9. The van der Waals surface area contributed by atoms with Gasteiger partial charge in [-0.2, -0.15) is 0 Å². The number of esters is 1. The highest BCUT2D eigenvalue weighted by atomic mass is 19.4. The summed E-state index contributed by atoms with van der Waals surface area (Å²) in [5, 5.41) is 2.50. The third kappa shape index (κ3) is 5.06. The SMILES string of the molecule is COC(=O)c1cc(OC)c(OC)cc1NC(=O)c1ccc(OC(F)(F)F)cc1. The zero-order valence-electron chi connectivity index (χ0n) is 15.0. The van der Waals surface area contributed by atoms with Gasteiger partial charge < -0.3 is 24.3 Å². The van der Waals surface area contributed by atoms with Gasteiger partial charge in [0.1, 0.15) is 5.75 Å². The van der Waals surface area contributed by atoms with Crippen LogP contribution in [0.5, 0.6) is 17.2 Å².